The summed E-state index contributed by atoms with van der Waals surface area (Å²) in [5.74, 6) is 0.0311. The van der Waals surface area contributed by atoms with E-state index in [-0.39, 0.29) is 16.9 Å². The number of hydrogen-bond donors (Lipinski definition) is 0. The molecule has 2 saturated carbocycles. The summed E-state index contributed by atoms with van der Waals surface area (Å²) in [5, 5.41) is 19.2. The van der Waals surface area contributed by atoms with E-state index in [2.05, 4.69) is 26.8 Å². The molecule has 0 aromatic heterocycles. The first kappa shape index (κ1) is 15.5. The van der Waals surface area contributed by atoms with Crippen LogP contribution >= 0.6 is 0 Å². The molecule has 0 amide bonds. The van der Waals surface area contributed by atoms with E-state index in [1.165, 1.54) is 38.5 Å². The molecular formula is C17H29N3. The van der Waals surface area contributed by atoms with Gasteiger partial charge in [-0.15, -0.1) is 0 Å². The van der Waals surface area contributed by atoms with Gasteiger partial charge in [-0.05, 0) is 31.1 Å². The summed E-state index contributed by atoms with van der Waals surface area (Å²) in [6, 6.07) is 2.94. The lowest BCUT2D eigenvalue weighted by molar-refractivity contribution is 0.0874. The Hall–Kier alpha value is -0.910. The van der Waals surface area contributed by atoms with Crippen LogP contribution in [0.25, 0.3) is 0 Å². The fourth-order valence-electron chi connectivity index (χ4n) is 3.88. The Morgan fingerprint density at radius 2 is 1.65 bits per heavy atom. The van der Waals surface area contributed by atoms with Gasteiger partial charge in [-0.2, -0.15) is 15.5 Å². The van der Waals surface area contributed by atoms with Gasteiger partial charge in [0, 0.05) is 0 Å². The first-order valence-electron chi connectivity index (χ1n) is 8.31. The van der Waals surface area contributed by atoms with Gasteiger partial charge in [0.1, 0.15) is 5.54 Å². The molecule has 2 atom stereocenters. The van der Waals surface area contributed by atoms with Crippen LogP contribution in [0.3, 0.4) is 0 Å². The summed E-state index contributed by atoms with van der Waals surface area (Å²) in [4.78, 5) is 0. The molecule has 0 N–H and O–H groups in total. The fraction of sp³-hybridized carbons (Fsp3) is 0.941. The third-order valence-electron chi connectivity index (χ3n) is 5.31. The SMILES string of the molecule is CC(C)(C)C1(N=NC2CCCCC2)CCCCC1C#N. The van der Waals surface area contributed by atoms with Crippen LogP contribution in [-0.4, -0.2) is 11.6 Å². The summed E-state index contributed by atoms with van der Waals surface area (Å²) in [5.41, 5.74) is -0.260. The zero-order valence-corrected chi connectivity index (χ0v) is 13.4. The predicted molar refractivity (Wildman–Crippen MR) is 81.5 cm³/mol. The molecule has 0 aromatic carbocycles. The van der Waals surface area contributed by atoms with Gasteiger partial charge in [-0.3, -0.25) is 0 Å². The lowest BCUT2D eigenvalue weighted by Crippen LogP contribution is -2.49. The van der Waals surface area contributed by atoms with Gasteiger partial charge in [0.15, 0.2) is 0 Å². The highest BCUT2D eigenvalue weighted by molar-refractivity contribution is 5.11. The minimum atomic E-state index is -0.266. The molecule has 3 nitrogen and oxygen atoms in total. The van der Waals surface area contributed by atoms with Crippen molar-refractivity contribution in [3.63, 3.8) is 0 Å². The topological polar surface area (TPSA) is 48.5 Å². The van der Waals surface area contributed by atoms with E-state index >= 15 is 0 Å². The van der Waals surface area contributed by atoms with E-state index in [0.29, 0.717) is 6.04 Å². The van der Waals surface area contributed by atoms with Crippen molar-refractivity contribution in [2.24, 2.45) is 21.6 Å². The summed E-state index contributed by atoms with van der Waals surface area (Å²) in [6.07, 6.45) is 10.6. The molecule has 0 heterocycles. The summed E-state index contributed by atoms with van der Waals surface area (Å²) >= 11 is 0. The van der Waals surface area contributed by atoms with Crippen molar-refractivity contribution in [3.8, 4) is 6.07 Å². The first-order chi connectivity index (χ1) is 9.49. The average Bonchev–Trinajstić information content (AvgIpc) is 2.45. The van der Waals surface area contributed by atoms with Crippen LogP contribution in [0.15, 0.2) is 10.2 Å². The van der Waals surface area contributed by atoms with Crippen LogP contribution < -0.4 is 0 Å². The molecular weight excluding hydrogens is 246 g/mol. The van der Waals surface area contributed by atoms with Gasteiger partial charge in [0.25, 0.3) is 0 Å². The largest absolute Gasteiger partial charge is 0.198 e. The Morgan fingerprint density at radius 1 is 1.00 bits per heavy atom. The maximum Gasteiger partial charge on any atom is 0.102 e. The molecule has 0 saturated heterocycles. The number of nitriles is 1. The number of rotatable bonds is 2. The fourth-order valence-corrected chi connectivity index (χ4v) is 3.88. The van der Waals surface area contributed by atoms with Gasteiger partial charge >= 0.3 is 0 Å². The van der Waals surface area contributed by atoms with E-state index in [9.17, 15) is 5.26 Å². The second-order valence-electron chi connectivity index (χ2n) is 7.61. The predicted octanol–water partition coefficient (Wildman–Crippen LogP) is 5.27. The first-order valence-corrected chi connectivity index (χ1v) is 8.31. The van der Waals surface area contributed by atoms with E-state index in [0.717, 1.165) is 19.3 Å². The molecule has 0 bridgehead atoms. The second-order valence-corrected chi connectivity index (χ2v) is 7.61. The summed E-state index contributed by atoms with van der Waals surface area (Å²) in [7, 11) is 0. The molecule has 2 aliphatic carbocycles. The molecule has 0 radical (unpaired) electrons. The van der Waals surface area contributed by atoms with Gasteiger partial charge in [-0.1, -0.05) is 52.9 Å². The molecule has 0 spiro atoms. The summed E-state index contributed by atoms with van der Waals surface area (Å²) in [6.45, 7) is 6.67. The summed E-state index contributed by atoms with van der Waals surface area (Å²) < 4.78 is 0. The average molecular weight is 275 g/mol. The van der Waals surface area contributed by atoms with Crippen LogP contribution in [0.5, 0.6) is 0 Å². The van der Waals surface area contributed by atoms with Gasteiger partial charge < -0.3 is 0 Å². The van der Waals surface area contributed by atoms with Crippen LogP contribution in [-0.2, 0) is 0 Å². The Kier molecular flexibility index (Phi) is 4.83. The van der Waals surface area contributed by atoms with Crippen molar-refractivity contribution in [1.82, 2.24) is 0 Å². The number of azo groups is 1. The molecule has 20 heavy (non-hydrogen) atoms. The van der Waals surface area contributed by atoms with Crippen LogP contribution in [0.2, 0.25) is 0 Å². The maximum atomic E-state index is 9.58. The third-order valence-corrected chi connectivity index (χ3v) is 5.31. The van der Waals surface area contributed by atoms with Crippen molar-refractivity contribution in [1.29, 1.82) is 5.26 Å². The van der Waals surface area contributed by atoms with Crippen LogP contribution in [0.1, 0.15) is 78.6 Å². The monoisotopic (exact) mass is 275 g/mol. The third kappa shape index (κ3) is 3.05. The Balaban J connectivity index is 2.22. The minimum Gasteiger partial charge on any atom is -0.198 e. The molecule has 2 aliphatic rings. The molecule has 112 valence electrons. The van der Waals surface area contributed by atoms with Crippen molar-refractivity contribution in [2.45, 2.75) is 90.1 Å². The van der Waals surface area contributed by atoms with Crippen LogP contribution in [0.4, 0.5) is 0 Å². The Labute approximate surface area is 123 Å². The van der Waals surface area contributed by atoms with Crippen molar-refractivity contribution >= 4 is 0 Å². The molecule has 0 aliphatic heterocycles. The highest BCUT2D eigenvalue weighted by atomic mass is 15.2. The van der Waals surface area contributed by atoms with Crippen molar-refractivity contribution in [3.05, 3.63) is 0 Å². The van der Waals surface area contributed by atoms with Crippen molar-refractivity contribution < 1.29 is 0 Å². The molecule has 2 rings (SSSR count). The number of hydrogen-bond acceptors (Lipinski definition) is 3. The standard InChI is InChI=1S/C17H29N3/c1-16(2,3)17(12-8-7-9-14(17)13-18)20-19-15-10-5-4-6-11-15/h14-15H,4-12H2,1-3H3. The lowest BCUT2D eigenvalue weighted by Gasteiger charge is -2.46. The zero-order valence-electron chi connectivity index (χ0n) is 13.4. The van der Waals surface area contributed by atoms with E-state index in [1.807, 2.05) is 0 Å². The highest BCUT2D eigenvalue weighted by Gasteiger charge is 2.50. The van der Waals surface area contributed by atoms with Crippen molar-refractivity contribution in [2.75, 3.05) is 0 Å². The van der Waals surface area contributed by atoms with E-state index in [1.54, 1.807) is 0 Å². The van der Waals surface area contributed by atoms with Gasteiger partial charge in [-0.25, -0.2) is 0 Å². The van der Waals surface area contributed by atoms with E-state index in [4.69, 9.17) is 10.2 Å². The molecule has 0 aromatic rings. The second kappa shape index (κ2) is 6.24. The van der Waals surface area contributed by atoms with E-state index < -0.39 is 0 Å². The molecule has 3 heteroatoms. The number of nitrogens with zero attached hydrogens (tertiary/aromatic N) is 3. The van der Waals surface area contributed by atoms with Crippen LogP contribution in [0, 0.1) is 22.7 Å². The normalized spacial score (nSPS) is 33.2. The van der Waals surface area contributed by atoms with Gasteiger partial charge in [0.2, 0.25) is 0 Å². The minimum absolute atomic E-state index is 0.00594. The Morgan fingerprint density at radius 3 is 2.25 bits per heavy atom. The maximum absolute atomic E-state index is 9.58. The van der Waals surface area contributed by atoms with Gasteiger partial charge in [0.05, 0.1) is 18.0 Å². The smallest absolute Gasteiger partial charge is 0.102 e. The zero-order chi connectivity index (χ0) is 14.6. The highest BCUT2D eigenvalue weighted by Crippen LogP contribution is 2.48. The quantitative estimate of drug-likeness (QED) is 0.633. The Bertz CT molecular complexity index is 382. The lowest BCUT2D eigenvalue weighted by atomic mass is 9.61. The molecule has 2 unspecified atom stereocenters. The molecule has 2 fully saturated rings.